The van der Waals surface area contributed by atoms with E-state index in [1.165, 1.54) is 32.1 Å². The van der Waals surface area contributed by atoms with Gasteiger partial charge in [0.15, 0.2) is 0 Å². The van der Waals surface area contributed by atoms with Crippen molar-refractivity contribution in [3.8, 4) is 0 Å². The summed E-state index contributed by atoms with van der Waals surface area (Å²) >= 11 is -2.61. The topological polar surface area (TPSA) is 57.5 Å². The minimum absolute atomic E-state index is 0.423. The molecule has 0 saturated carbocycles. The van der Waals surface area contributed by atoms with Gasteiger partial charge in [0, 0.05) is 0 Å². The van der Waals surface area contributed by atoms with Gasteiger partial charge in [-0.15, -0.1) is 9.24 Å². The van der Waals surface area contributed by atoms with Crippen LogP contribution in [0.1, 0.15) is 59.8 Å². The summed E-state index contributed by atoms with van der Waals surface area (Å²) < 4.78 is 22.8. The molecule has 0 aliphatic heterocycles. The second-order valence-electron chi connectivity index (χ2n) is 4.80. The molecule has 100 valence electrons. The highest BCUT2D eigenvalue weighted by molar-refractivity contribution is 7.73. The minimum Gasteiger partial charge on any atom is -0.284 e. The van der Waals surface area contributed by atoms with Crippen molar-refractivity contribution in [1.82, 2.24) is 0 Å². The molecular formula is C11H27O3PS. The molecule has 5 heteroatoms. The molecule has 0 aromatic carbocycles. The van der Waals surface area contributed by atoms with Crippen LogP contribution in [-0.4, -0.2) is 18.5 Å². The van der Waals surface area contributed by atoms with E-state index in [1.54, 1.807) is 0 Å². The first-order chi connectivity index (χ1) is 7.21. The fraction of sp³-hybridized carbons (Fsp3) is 1.00. The van der Waals surface area contributed by atoms with Crippen molar-refractivity contribution in [3.05, 3.63) is 0 Å². The Hall–Kier alpha value is 0.500. The maximum Gasteiger partial charge on any atom is 0.299 e. The van der Waals surface area contributed by atoms with Crippen LogP contribution in [0.5, 0.6) is 0 Å². The Labute approximate surface area is 105 Å². The third kappa shape index (κ3) is 16.9. The summed E-state index contributed by atoms with van der Waals surface area (Å²) in [5, 5.41) is 0.423. The quantitative estimate of drug-likeness (QED) is 0.437. The van der Waals surface area contributed by atoms with Gasteiger partial charge in [0.25, 0.3) is 11.4 Å². The summed E-state index contributed by atoms with van der Waals surface area (Å²) in [7, 11) is 2.95. The highest BCUT2D eigenvalue weighted by atomic mass is 32.2. The Kier molecular flexibility index (Phi) is 12.5. The first-order valence-corrected chi connectivity index (χ1v) is 7.44. The van der Waals surface area contributed by atoms with E-state index in [9.17, 15) is 0 Å². The van der Waals surface area contributed by atoms with Crippen molar-refractivity contribution in [2.75, 3.05) is 0 Å². The summed E-state index contributed by atoms with van der Waals surface area (Å²) in [5.41, 5.74) is 0. The van der Waals surface area contributed by atoms with Gasteiger partial charge in [-0.1, -0.05) is 53.4 Å². The molecule has 0 aromatic rings. The summed E-state index contributed by atoms with van der Waals surface area (Å²) in [6.45, 7) is 9.24. The van der Waals surface area contributed by atoms with Crippen LogP contribution in [0, 0.1) is 5.92 Å². The van der Waals surface area contributed by atoms with Crippen LogP contribution in [0.25, 0.3) is 0 Å². The Balaban J connectivity index is 0. The lowest BCUT2D eigenvalue weighted by molar-refractivity contribution is 0.408. The molecular weight excluding hydrogens is 243 g/mol. The van der Waals surface area contributed by atoms with Crippen LogP contribution in [0.4, 0.5) is 0 Å². The molecule has 0 rings (SSSR count). The lowest BCUT2D eigenvalue weighted by Gasteiger charge is -2.26. The van der Waals surface area contributed by atoms with E-state index in [0.717, 1.165) is 5.92 Å². The van der Waals surface area contributed by atoms with Crippen LogP contribution < -0.4 is 0 Å². The number of hydrogen-bond acceptors (Lipinski definition) is 1. The lowest BCUT2D eigenvalue weighted by Crippen LogP contribution is -2.20. The third-order valence-electron chi connectivity index (χ3n) is 2.76. The molecule has 0 saturated heterocycles. The number of unbranched alkanes of at least 4 members (excludes halogenated alkanes) is 3. The zero-order valence-electron chi connectivity index (χ0n) is 10.9. The first kappa shape index (κ1) is 18.9. The summed E-state index contributed by atoms with van der Waals surface area (Å²) in [6.07, 6.45) is 6.97. The fourth-order valence-electron chi connectivity index (χ4n) is 1.25. The molecule has 2 atom stereocenters. The van der Waals surface area contributed by atoms with Crippen molar-refractivity contribution in [3.63, 3.8) is 0 Å². The molecule has 0 heterocycles. The summed E-state index contributed by atoms with van der Waals surface area (Å²) in [5.74, 6) is 0.833. The van der Waals surface area contributed by atoms with Gasteiger partial charge in [-0.2, -0.15) is 4.21 Å². The maximum atomic E-state index is 8.67. The molecule has 0 aliphatic carbocycles. The average molecular weight is 270 g/mol. The van der Waals surface area contributed by atoms with E-state index in [2.05, 4.69) is 36.9 Å². The SMILES string of the molecule is CCCCCCC(C)C(C)(C)P.O=S(O)O. The normalized spacial score (nSPS) is 13.2. The Bertz CT molecular complexity index is 177. The molecule has 0 spiro atoms. The van der Waals surface area contributed by atoms with Crippen molar-refractivity contribution in [1.29, 1.82) is 0 Å². The van der Waals surface area contributed by atoms with Gasteiger partial charge in [-0.25, -0.2) is 0 Å². The van der Waals surface area contributed by atoms with Gasteiger partial charge in [-0.05, 0) is 17.5 Å². The number of hydrogen-bond donors (Lipinski definition) is 2. The molecule has 0 amide bonds. The van der Waals surface area contributed by atoms with Crippen molar-refractivity contribution < 1.29 is 13.3 Å². The smallest absolute Gasteiger partial charge is 0.284 e. The van der Waals surface area contributed by atoms with Crippen LogP contribution in [0.15, 0.2) is 0 Å². The van der Waals surface area contributed by atoms with E-state index in [0.29, 0.717) is 5.16 Å². The standard InChI is InChI=1S/C11H25P.H2O3S/c1-5-6-7-8-9-10(2)11(3,4)12;1-4(2)3/h10H,5-9,12H2,1-4H3;(H2,1,2,3). The van der Waals surface area contributed by atoms with Gasteiger partial charge >= 0.3 is 0 Å². The first-order valence-electron chi connectivity index (χ1n) is 5.80. The largest absolute Gasteiger partial charge is 0.299 e. The van der Waals surface area contributed by atoms with Crippen molar-refractivity contribution in [2.24, 2.45) is 5.92 Å². The van der Waals surface area contributed by atoms with Crippen LogP contribution in [-0.2, 0) is 11.4 Å². The summed E-state index contributed by atoms with van der Waals surface area (Å²) in [4.78, 5) is 0. The van der Waals surface area contributed by atoms with E-state index in [1.807, 2.05) is 0 Å². The monoisotopic (exact) mass is 270 g/mol. The average Bonchev–Trinajstić information content (AvgIpc) is 2.09. The van der Waals surface area contributed by atoms with E-state index in [4.69, 9.17) is 13.3 Å². The van der Waals surface area contributed by atoms with Crippen LogP contribution >= 0.6 is 9.24 Å². The van der Waals surface area contributed by atoms with Gasteiger partial charge in [0.2, 0.25) is 0 Å². The molecule has 0 radical (unpaired) electrons. The van der Waals surface area contributed by atoms with E-state index >= 15 is 0 Å². The Morgan fingerprint density at radius 1 is 1.25 bits per heavy atom. The van der Waals surface area contributed by atoms with Gasteiger partial charge in [-0.3, -0.25) is 9.11 Å². The molecule has 2 N–H and O–H groups in total. The maximum absolute atomic E-state index is 8.67. The second-order valence-corrected chi connectivity index (χ2v) is 6.75. The second kappa shape index (κ2) is 10.6. The molecule has 0 bridgehead atoms. The summed E-state index contributed by atoms with van der Waals surface area (Å²) in [6, 6.07) is 0. The Morgan fingerprint density at radius 3 is 2.00 bits per heavy atom. The van der Waals surface area contributed by atoms with Crippen LogP contribution in [0.3, 0.4) is 0 Å². The molecule has 3 nitrogen and oxygen atoms in total. The highest BCUT2D eigenvalue weighted by Crippen LogP contribution is 2.30. The molecule has 0 fully saturated rings. The fourth-order valence-corrected chi connectivity index (χ4v) is 1.42. The van der Waals surface area contributed by atoms with Crippen molar-refractivity contribution >= 4 is 20.6 Å². The van der Waals surface area contributed by atoms with Gasteiger partial charge in [0.1, 0.15) is 0 Å². The zero-order valence-corrected chi connectivity index (χ0v) is 12.9. The zero-order chi connectivity index (χ0) is 13.2. The molecule has 0 aliphatic rings. The van der Waals surface area contributed by atoms with E-state index < -0.39 is 11.4 Å². The Morgan fingerprint density at radius 2 is 1.69 bits per heavy atom. The van der Waals surface area contributed by atoms with Crippen molar-refractivity contribution in [2.45, 2.75) is 65.0 Å². The van der Waals surface area contributed by atoms with Gasteiger partial charge in [0.05, 0.1) is 0 Å². The van der Waals surface area contributed by atoms with Gasteiger partial charge < -0.3 is 0 Å². The molecule has 0 aromatic heterocycles. The highest BCUT2D eigenvalue weighted by Gasteiger charge is 2.18. The minimum atomic E-state index is -2.61. The van der Waals surface area contributed by atoms with Crippen LogP contribution in [0.2, 0.25) is 0 Å². The third-order valence-corrected chi connectivity index (χ3v) is 3.33. The molecule has 16 heavy (non-hydrogen) atoms. The van der Waals surface area contributed by atoms with E-state index in [-0.39, 0.29) is 0 Å². The predicted molar refractivity (Wildman–Crippen MR) is 75.1 cm³/mol. The predicted octanol–water partition coefficient (Wildman–Crippen LogP) is 3.93. The molecule has 2 unspecified atom stereocenters. The lowest BCUT2D eigenvalue weighted by atomic mass is 9.91. The number of rotatable bonds is 6.